The molecule has 1 heterocycles. The Morgan fingerprint density at radius 2 is 2.19 bits per heavy atom. The van der Waals surface area contributed by atoms with Crippen LogP contribution in [0.25, 0.3) is 0 Å². The van der Waals surface area contributed by atoms with Gasteiger partial charge in [-0.05, 0) is 19.3 Å². The first-order valence-electron chi connectivity index (χ1n) is 5.15. The van der Waals surface area contributed by atoms with E-state index >= 15 is 0 Å². The van der Waals surface area contributed by atoms with Crippen LogP contribution in [-0.2, 0) is 0 Å². The zero-order valence-electron chi connectivity index (χ0n) is 9.18. The molecule has 0 saturated heterocycles. The van der Waals surface area contributed by atoms with Crippen molar-refractivity contribution in [2.24, 2.45) is 0 Å². The highest BCUT2D eigenvalue weighted by Crippen LogP contribution is 2.21. The summed E-state index contributed by atoms with van der Waals surface area (Å²) in [6, 6.07) is 2.70. The van der Waals surface area contributed by atoms with Crippen LogP contribution in [0, 0.1) is 0 Å². The van der Waals surface area contributed by atoms with E-state index in [4.69, 9.17) is 14.3 Å². The molecule has 1 aromatic rings. The van der Waals surface area contributed by atoms with Gasteiger partial charge in [-0.2, -0.15) is 0 Å². The number of aliphatic hydroxyl groups excluding tert-OH is 2. The van der Waals surface area contributed by atoms with Gasteiger partial charge in [0.15, 0.2) is 0 Å². The minimum atomic E-state index is -0.839. The molecular weight excluding hydrogens is 212 g/mol. The first-order chi connectivity index (χ1) is 7.67. The zero-order chi connectivity index (χ0) is 12.0. The fourth-order valence-electron chi connectivity index (χ4n) is 1.35. The maximum atomic E-state index is 11.1. The van der Waals surface area contributed by atoms with E-state index in [0.717, 1.165) is 0 Å². The van der Waals surface area contributed by atoms with Crippen LogP contribution in [0.3, 0.4) is 0 Å². The van der Waals surface area contributed by atoms with Crippen molar-refractivity contribution in [3.05, 3.63) is 28.3 Å². The van der Waals surface area contributed by atoms with Crippen LogP contribution >= 0.6 is 0 Å². The molecule has 1 rings (SSSR count). The second-order valence-electron chi connectivity index (χ2n) is 3.45. The number of unbranched alkanes of at least 4 members (excludes halogenated alkanes) is 1. The van der Waals surface area contributed by atoms with Crippen molar-refractivity contribution < 1.29 is 19.4 Å². The fourth-order valence-corrected chi connectivity index (χ4v) is 1.35. The summed E-state index contributed by atoms with van der Waals surface area (Å²) < 4.78 is 9.76. The van der Waals surface area contributed by atoms with E-state index in [1.165, 1.54) is 19.2 Å². The Morgan fingerprint density at radius 3 is 2.81 bits per heavy atom. The summed E-state index contributed by atoms with van der Waals surface area (Å²) in [5.74, 6) is 0.565. The van der Waals surface area contributed by atoms with Crippen LogP contribution in [-0.4, -0.2) is 23.9 Å². The van der Waals surface area contributed by atoms with E-state index in [-0.39, 0.29) is 12.4 Å². The summed E-state index contributed by atoms with van der Waals surface area (Å²) in [4.78, 5) is 11.1. The minimum Gasteiger partial charge on any atom is -0.496 e. The fraction of sp³-hybridized carbons (Fsp3) is 0.545. The van der Waals surface area contributed by atoms with Crippen LogP contribution in [0.5, 0.6) is 5.75 Å². The Kier molecular flexibility index (Phi) is 5.01. The molecule has 16 heavy (non-hydrogen) atoms. The molecule has 2 N–H and O–H groups in total. The summed E-state index contributed by atoms with van der Waals surface area (Å²) >= 11 is 0. The molecule has 1 atom stereocenters. The van der Waals surface area contributed by atoms with Gasteiger partial charge in [-0.15, -0.1) is 0 Å². The Balaban J connectivity index is 2.70. The number of hydrogen-bond acceptors (Lipinski definition) is 5. The second-order valence-corrected chi connectivity index (χ2v) is 3.45. The predicted octanol–water partition coefficient (Wildman–Crippen LogP) is 0.844. The molecule has 0 aliphatic heterocycles. The summed E-state index contributed by atoms with van der Waals surface area (Å²) in [5.41, 5.74) is -0.546. The molecule has 1 aromatic heterocycles. The normalized spacial score (nSPS) is 12.4. The maximum Gasteiger partial charge on any atom is 0.339 e. The molecule has 0 fully saturated rings. The van der Waals surface area contributed by atoms with E-state index < -0.39 is 11.7 Å². The van der Waals surface area contributed by atoms with Crippen molar-refractivity contribution in [2.75, 3.05) is 13.7 Å². The number of hydrogen-bond donors (Lipinski definition) is 2. The van der Waals surface area contributed by atoms with Gasteiger partial charge in [0.05, 0.1) is 13.2 Å². The van der Waals surface area contributed by atoms with Gasteiger partial charge in [0, 0.05) is 12.7 Å². The maximum absolute atomic E-state index is 11.1. The molecule has 0 spiro atoms. The summed E-state index contributed by atoms with van der Waals surface area (Å²) in [5, 5.41) is 18.3. The van der Waals surface area contributed by atoms with E-state index in [2.05, 4.69) is 0 Å². The van der Waals surface area contributed by atoms with Gasteiger partial charge in [0.25, 0.3) is 0 Å². The topological polar surface area (TPSA) is 79.9 Å². The van der Waals surface area contributed by atoms with E-state index in [9.17, 15) is 9.90 Å². The SMILES string of the molecule is COc1cc([C@@H](O)CCCCO)oc(=O)c1. The van der Waals surface area contributed by atoms with E-state index in [0.29, 0.717) is 25.0 Å². The lowest BCUT2D eigenvalue weighted by molar-refractivity contribution is 0.129. The number of methoxy groups -OCH3 is 1. The monoisotopic (exact) mass is 228 g/mol. The highest BCUT2D eigenvalue weighted by atomic mass is 16.5. The molecule has 0 unspecified atom stereocenters. The second kappa shape index (κ2) is 6.30. The molecular formula is C11H16O5. The molecule has 0 aliphatic rings. The lowest BCUT2D eigenvalue weighted by atomic mass is 10.1. The van der Waals surface area contributed by atoms with Crippen LogP contribution in [0.4, 0.5) is 0 Å². The molecule has 5 heteroatoms. The molecule has 0 amide bonds. The van der Waals surface area contributed by atoms with Crippen molar-refractivity contribution in [3.8, 4) is 5.75 Å². The minimum absolute atomic E-state index is 0.0920. The third-order valence-corrected chi connectivity index (χ3v) is 2.21. The van der Waals surface area contributed by atoms with Gasteiger partial charge in [-0.1, -0.05) is 0 Å². The van der Waals surface area contributed by atoms with Crippen LogP contribution in [0.1, 0.15) is 31.1 Å². The Hall–Kier alpha value is -1.33. The quantitative estimate of drug-likeness (QED) is 0.705. The highest BCUT2D eigenvalue weighted by molar-refractivity contribution is 5.21. The molecule has 0 aromatic carbocycles. The zero-order valence-corrected chi connectivity index (χ0v) is 9.18. The Labute approximate surface area is 93.3 Å². The Morgan fingerprint density at radius 1 is 1.44 bits per heavy atom. The third kappa shape index (κ3) is 3.67. The smallest absolute Gasteiger partial charge is 0.339 e. The summed E-state index contributed by atoms with van der Waals surface area (Å²) in [6.07, 6.45) is 0.884. The van der Waals surface area contributed by atoms with Gasteiger partial charge in [0.1, 0.15) is 17.6 Å². The highest BCUT2D eigenvalue weighted by Gasteiger charge is 2.12. The van der Waals surface area contributed by atoms with Crippen molar-refractivity contribution >= 4 is 0 Å². The summed E-state index contributed by atoms with van der Waals surface area (Å²) in [6.45, 7) is 0.0920. The van der Waals surface area contributed by atoms with E-state index in [1.807, 2.05) is 0 Å². The average Bonchev–Trinajstić information content (AvgIpc) is 2.28. The van der Waals surface area contributed by atoms with Crippen LogP contribution in [0.15, 0.2) is 21.3 Å². The van der Waals surface area contributed by atoms with Crippen LogP contribution < -0.4 is 10.4 Å². The predicted molar refractivity (Wildman–Crippen MR) is 57.4 cm³/mol. The van der Waals surface area contributed by atoms with Gasteiger partial charge in [0.2, 0.25) is 0 Å². The van der Waals surface area contributed by atoms with E-state index in [1.54, 1.807) is 0 Å². The summed E-state index contributed by atoms with van der Waals surface area (Å²) in [7, 11) is 1.44. The van der Waals surface area contributed by atoms with Crippen LogP contribution in [0.2, 0.25) is 0 Å². The third-order valence-electron chi connectivity index (χ3n) is 2.21. The van der Waals surface area contributed by atoms with Crippen molar-refractivity contribution in [2.45, 2.75) is 25.4 Å². The molecule has 5 nitrogen and oxygen atoms in total. The largest absolute Gasteiger partial charge is 0.496 e. The van der Waals surface area contributed by atoms with Crippen molar-refractivity contribution in [1.82, 2.24) is 0 Å². The lowest BCUT2D eigenvalue weighted by Gasteiger charge is -2.09. The van der Waals surface area contributed by atoms with Crippen molar-refractivity contribution in [1.29, 1.82) is 0 Å². The van der Waals surface area contributed by atoms with Gasteiger partial charge < -0.3 is 19.4 Å². The first-order valence-corrected chi connectivity index (χ1v) is 5.15. The molecule has 90 valence electrons. The average molecular weight is 228 g/mol. The number of aliphatic hydroxyl groups is 2. The van der Waals surface area contributed by atoms with Crippen molar-refractivity contribution in [3.63, 3.8) is 0 Å². The van der Waals surface area contributed by atoms with Gasteiger partial charge in [-0.25, -0.2) is 4.79 Å². The van der Waals surface area contributed by atoms with Gasteiger partial charge in [-0.3, -0.25) is 0 Å². The molecule has 0 bridgehead atoms. The lowest BCUT2D eigenvalue weighted by Crippen LogP contribution is -2.05. The molecule has 0 aliphatic carbocycles. The first kappa shape index (κ1) is 12.7. The number of rotatable bonds is 6. The molecule has 0 radical (unpaired) electrons. The van der Waals surface area contributed by atoms with Gasteiger partial charge >= 0.3 is 5.63 Å². The Bertz CT molecular complexity index is 371. The standard InChI is InChI=1S/C11H16O5/c1-15-8-6-10(16-11(14)7-8)9(13)4-2-3-5-12/h6-7,9,12-13H,2-5H2,1H3/t9-/m0/s1. The molecule has 0 saturated carbocycles. The number of ether oxygens (including phenoxy) is 1.